The van der Waals surface area contributed by atoms with Crippen molar-refractivity contribution in [3.05, 3.63) is 59.2 Å². The van der Waals surface area contributed by atoms with Gasteiger partial charge in [0, 0.05) is 44.5 Å². The highest BCUT2D eigenvalue weighted by atomic mass is 16.2. The molecule has 0 unspecified atom stereocenters. The van der Waals surface area contributed by atoms with E-state index in [4.69, 9.17) is 0 Å². The number of aryl methyl sites for hydroxylation is 2. The Kier molecular flexibility index (Phi) is 6.02. The summed E-state index contributed by atoms with van der Waals surface area (Å²) in [6.07, 6.45) is 0. The second-order valence-corrected chi connectivity index (χ2v) is 7.53. The molecule has 3 rings (SSSR count). The van der Waals surface area contributed by atoms with E-state index in [1.807, 2.05) is 36.9 Å². The minimum Gasteiger partial charge on any atom is -0.368 e. The molecule has 0 N–H and O–H groups in total. The van der Waals surface area contributed by atoms with Gasteiger partial charge in [-0.2, -0.15) is 0 Å². The molecule has 148 valence electrons. The third kappa shape index (κ3) is 4.35. The quantitative estimate of drug-likeness (QED) is 0.819. The second-order valence-electron chi connectivity index (χ2n) is 7.53. The van der Waals surface area contributed by atoms with Gasteiger partial charge in [0.2, 0.25) is 11.8 Å². The first-order chi connectivity index (χ1) is 13.4. The molecular weight excluding hydrogens is 350 g/mol. The highest BCUT2D eigenvalue weighted by Gasteiger charge is 2.25. The number of carbonyl (C=O) groups is 2. The lowest BCUT2D eigenvalue weighted by Crippen LogP contribution is -2.52. The van der Waals surface area contributed by atoms with Crippen LogP contribution in [-0.2, 0) is 9.59 Å². The first-order valence-corrected chi connectivity index (χ1v) is 9.80. The summed E-state index contributed by atoms with van der Waals surface area (Å²) in [7, 11) is 0. The van der Waals surface area contributed by atoms with E-state index in [1.165, 1.54) is 18.2 Å². The molecule has 0 atom stereocenters. The van der Waals surface area contributed by atoms with Crippen LogP contribution in [0.2, 0.25) is 0 Å². The summed E-state index contributed by atoms with van der Waals surface area (Å²) in [6.45, 7) is 10.7. The molecule has 0 aliphatic carbocycles. The van der Waals surface area contributed by atoms with E-state index in [9.17, 15) is 9.59 Å². The Bertz CT molecular complexity index is 870. The van der Waals surface area contributed by atoms with E-state index in [0.29, 0.717) is 13.1 Å². The normalized spacial score (nSPS) is 14.1. The molecule has 2 aromatic rings. The SMILES string of the molecule is CC(=O)N(CC(=O)N1CCN(c2cccc(C)c2)CC1)c1cccc(C)c1C. The zero-order valence-electron chi connectivity index (χ0n) is 17.2. The Hall–Kier alpha value is -2.82. The van der Waals surface area contributed by atoms with Gasteiger partial charge in [-0.25, -0.2) is 0 Å². The Balaban J connectivity index is 1.65. The van der Waals surface area contributed by atoms with Gasteiger partial charge >= 0.3 is 0 Å². The van der Waals surface area contributed by atoms with Crippen LogP contribution >= 0.6 is 0 Å². The minimum atomic E-state index is -0.111. The Labute approximate surface area is 167 Å². The van der Waals surface area contributed by atoms with Gasteiger partial charge in [0.05, 0.1) is 0 Å². The number of hydrogen-bond acceptors (Lipinski definition) is 3. The van der Waals surface area contributed by atoms with Crippen molar-refractivity contribution in [3.8, 4) is 0 Å². The molecule has 1 fully saturated rings. The fourth-order valence-electron chi connectivity index (χ4n) is 3.67. The number of benzene rings is 2. The van der Waals surface area contributed by atoms with Gasteiger partial charge in [0.15, 0.2) is 0 Å². The zero-order valence-corrected chi connectivity index (χ0v) is 17.2. The highest BCUT2D eigenvalue weighted by Crippen LogP contribution is 2.23. The first-order valence-electron chi connectivity index (χ1n) is 9.80. The van der Waals surface area contributed by atoms with Crippen molar-refractivity contribution in [1.82, 2.24) is 4.90 Å². The molecule has 0 saturated carbocycles. The molecule has 2 amide bonds. The average molecular weight is 380 g/mol. The van der Waals surface area contributed by atoms with Crippen molar-refractivity contribution in [2.24, 2.45) is 0 Å². The Morgan fingerprint density at radius 1 is 0.964 bits per heavy atom. The molecule has 1 aliphatic heterocycles. The van der Waals surface area contributed by atoms with Crippen molar-refractivity contribution in [3.63, 3.8) is 0 Å². The summed E-state index contributed by atoms with van der Waals surface area (Å²) in [5.74, 6) is -0.111. The lowest BCUT2D eigenvalue weighted by molar-refractivity contribution is -0.131. The van der Waals surface area contributed by atoms with Crippen LogP contribution in [0.4, 0.5) is 11.4 Å². The monoisotopic (exact) mass is 379 g/mol. The van der Waals surface area contributed by atoms with Crippen LogP contribution in [0, 0.1) is 20.8 Å². The summed E-state index contributed by atoms with van der Waals surface area (Å²) in [5, 5.41) is 0. The van der Waals surface area contributed by atoms with Gasteiger partial charge in [-0.15, -0.1) is 0 Å². The largest absolute Gasteiger partial charge is 0.368 e. The maximum Gasteiger partial charge on any atom is 0.242 e. The summed E-state index contributed by atoms with van der Waals surface area (Å²) < 4.78 is 0. The second kappa shape index (κ2) is 8.46. The summed E-state index contributed by atoms with van der Waals surface area (Å²) in [4.78, 5) is 30.9. The molecule has 1 heterocycles. The topological polar surface area (TPSA) is 43.9 Å². The molecule has 28 heavy (non-hydrogen) atoms. The van der Waals surface area contributed by atoms with Crippen LogP contribution in [0.25, 0.3) is 0 Å². The predicted octanol–water partition coefficient (Wildman–Crippen LogP) is 3.31. The molecule has 0 aromatic heterocycles. The van der Waals surface area contributed by atoms with E-state index in [0.717, 1.165) is 29.9 Å². The number of nitrogens with zero attached hydrogens (tertiary/aromatic N) is 3. The Morgan fingerprint density at radius 2 is 1.64 bits per heavy atom. The maximum atomic E-state index is 12.9. The molecule has 1 aliphatic rings. The van der Waals surface area contributed by atoms with Gasteiger partial charge < -0.3 is 14.7 Å². The fraction of sp³-hybridized carbons (Fsp3) is 0.391. The van der Waals surface area contributed by atoms with Crippen molar-refractivity contribution in [2.75, 3.05) is 42.5 Å². The number of hydrogen-bond donors (Lipinski definition) is 0. The zero-order chi connectivity index (χ0) is 20.3. The molecule has 5 heteroatoms. The van der Waals surface area contributed by atoms with Gasteiger partial charge in [-0.05, 0) is 55.7 Å². The molecule has 0 bridgehead atoms. The molecule has 1 saturated heterocycles. The van der Waals surface area contributed by atoms with E-state index in [2.05, 4.69) is 36.1 Å². The number of rotatable bonds is 4. The van der Waals surface area contributed by atoms with Crippen molar-refractivity contribution in [1.29, 1.82) is 0 Å². The lowest BCUT2D eigenvalue weighted by Gasteiger charge is -2.37. The van der Waals surface area contributed by atoms with E-state index >= 15 is 0 Å². The Morgan fingerprint density at radius 3 is 2.29 bits per heavy atom. The third-order valence-electron chi connectivity index (χ3n) is 5.54. The van der Waals surface area contributed by atoms with Crippen molar-refractivity contribution in [2.45, 2.75) is 27.7 Å². The number of carbonyl (C=O) groups excluding carboxylic acids is 2. The smallest absolute Gasteiger partial charge is 0.242 e. The molecule has 5 nitrogen and oxygen atoms in total. The average Bonchev–Trinajstić information content (AvgIpc) is 2.68. The standard InChI is InChI=1S/C23H29N3O2/c1-17-7-5-9-21(15-17)24-11-13-25(14-12-24)23(28)16-26(20(4)27)22-10-6-8-18(2)19(22)3/h5-10,15H,11-14,16H2,1-4H3. The number of amides is 2. The van der Waals surface area contributed by atoms with Gasteiger partial charge in [0.25, 0.3) is 0 Å². The minimum absolute atomic E-state index is 0.00000152. The number of piperazine rings is 1. The summed E-state index contributed by atoms with van der Waals surface area (Å²) in [5.41, 5.74) is 5.41. The van der Waals surface area contributed by atoms with Crippen LogP contribution in [-0.4, -0.2) is 49.4 Å². The van der Waals surface area contributed by atoms with Crippen LogP contribution in [0.3, 0.4) is 0 Å². The highest BCUT2D eigenvalue weighted by molar-refractivity contribution is 5.98. The number of anilines is 2. The molecule has 0 radical (unpaired) electrons. The van der Waals surface area contributed by atoms with Crippen LogP contribution in [0.15, 0.2) is 42.5 Å². The van der Waals surface area contributed by atoms with Crippen LogP contribution in [0.5, 0.6) is 0 Å². The van der Waals surface area contributed by atoms with Gasteiger partial charge in [-0.3, -0.25) is 9.59 Å². The van der Waals surface area contributed by atoms with Crippen LogP contribution < -0.4 is 9.80 Å². The maximum absolute atomic E-state index is 12.9. The van der Waals surface area contributed by atoms with E-state index in [-0.39, 0.29) is 18.4 Å². The van der Waals surface area contributed by atoms with Crippen molar-refractivity contribution >= 4 is 23.2 Å². The fourth-order valence-corrected chi connectivity index (χ4v) is 3.67. The first kappa shape index (κ1) is 19.9. The third-order valence-corrected chi connectivity index (χ3v) is 5.54. The predicted molar refractivity (Wildman–Crippen MR) is 114 cm³/mol. The van der Waals surface area contributed by atoms with Crippen molar-refractivity contribution < 1.29 is 9.59 Å². The van der Waals surface area contributed by atoms with Crippen LogP contribution in [0.1, 0.15) is 23.6 Å². The summed E-state index contributed by atoms with van der Waals surface area (Å²) >= 11 is 0. The van der Waals surface area contributed by atoms with Gasteiger partial charge in [-0.1, -0.05) is 24.3 Å². The molecular formula is C23H29N3O2. The van der Waals surface area contributed by atoms with E-state index in [1.54, 1.807) is 4.90 Å². The van der Waals surface area contributed by atoms with Gasteiger partial charge in [0.1, 0.15) is 6.54 Å². The lowest BCUT2D eigenvalue weighted by atomic mass is 10.1. The summed E-state index contributed by atoms with van der Waals surface area (Å²) in [6, 6.07) is 14.3. The molecule has 0 spiro atoms. The molecule has 2 aromatic carbocycles. The van der Waals surface area contributed by atoms with E-state index < -0.39 is 0 Å².